The number of allylic oxidation sites excluding steroid dienone is 1. The number of hydrogen-bond acceptors (Lipinski definition) is 6. The molecule has 2 aromatic heterocycles. The van der Waals surface area contributed by atoms with Gasteiger partial charge in [-0.25, -0.2) is 23.0 Å². The third-order valence-corrected chi connectivity index (χ3v) is 8.12. The molecule has 1 unspecified atom stereocenters. The van der Waals surface area contributed by atoms with Crippen LogP contribution in [0.2, 0.25) is 0 Å². The van der Waals surface area contributed by atoms with Crippen LogP contribution in [0.5, 0.6) is 0 Å². The molecule has 8 nitrogen and oxygen atoms in total. The molecule has 0 saturated heterocycles. The summed E-state index contributed by atoms with van der Waals surface area (Å²) in [5, 5.41) is 26.4. The highest BCUT2D eigenvalue weighted by Crippen LogP contribution is 2.35. The van der Waals surface area contributed by atoms with Crippen molar-refractivity contribution in [2.75, 3.05) is 0 Å². The molecule has 1 aromatic carbocycles. The van der Waals surface area contributed by atoms with Crippen molar-refractivity contribution in [2.24, 2.45) is 0 Å². The van der Waals surface area contributed by atoms with Crippen molar-refractivity contribution < 1.29 is 18.9 Å². The van der Waals surface area contributed by atoms with Crippen LogP contribution >= 0.6 is 11.3 Å². The van der Waals surface area contributed by atoms with Crippen molar-refractivity contribution in [1.29, 1.82) is 0 Å². The highest BCUT2D eigenvalue weighted by Gasteiger charge is 2.29. The molecule has 3 N–H and O–H groups in total. The predicted octanol–water partition coefficient (Wildman–Crippen LogP) is 2.34. The van der Waals surface area contributed by atoms with E-state index in [0.29, 0.717) is 16.3 Å². The van der Waals surface area contributed by atoms with Crippen LogP contribution in [0.1, 0.15) is 29.3 Å². The minimum absolute atomic E-state index is 0.00761. The van der Waals surface area contributed by atoms with Gasteiger partial charge in [0.1, 0.15) is 9.90 Å². The SMILES string of the molecule is Cc1nn(-c2ccccc2[NH+]([O-])O)c(C)c1[C@H]1C=C[C@@H](NS(=O)(=O)c2cccs2)C1. The molecule has 1 aliphatic rings. The van der Waals surface area contributed by atoms with Gasteiger partial charge in [-0.2, -0.15) is 10.3 Å². The van der Waals surface area contributed by atoms with Gasteiger partial charge in [0.05, 0.1) is 5.69 Å². The molecular weight excluding hydrogens is 424 g/mol. The van der Waals surface area contributed by atoms with E-state index in [4.69, 9.17) is 0 Å². The molecule has 0 amide bonds. The van der Waals surface area contributed by atoms with E-state index in [0.717, 1.165) is 17.0 Å². The Labute approximate surface area is 178 Å². The van der Waals surface area contributed by atoms with Gasteiger partial charge in [-0.15, -0.1) is 11.3 Å². The molecule has 4 rings (SSSR count). The number of benzene rings is 1. The third kappa shape index (κ3) is 3.85. The van der Waals surface area contributed by atoms with Crippen LogP contribution in [-0.4, -0.2) is 29.4 Å². The van der Waals surface area contributed by atoms with E-state index < -0.39 is 15.2 Å². The monoisotopic (exact) mass is 446 g/mol. The fraction of sp³-hybridized carbons (Fsp3) is 0.250. The van der Waals surface area contributed by atoms with Gasteiger partial charge >= 0.3 is 0 Å². The number of sulfonamides is 1. The summed E-state index contributed by atoms with van der Waals surface area (Å²) in [6, 6.07) is 9.74. The third-order valence-electron chi connectivity index (χ3n) is 5.23. The van der Waals surface area contributed by atoms with Crippen LogP contribution in [-0.2, 0) is 10.0 Å². The Bertz CT molecular complexity index is 1180. The quantitative estimate of drug-likeness (QED) is 0.398. The summed E-state index contributed by atoms with van der Waals surface area (Å²) >= 11 is 1.18. The molecule has 10 heteroatoms. The van der Waals surface area contributed by atoms with Crippen LogP contribution in [0.25, 0.3) is 5.69 Å². The van der Waals surface area contributed by atoms with E-state index in [1.807, 2.05) is 26.0 Å². The van der Waals surface area contributed by atoms with Crippen LogP contribution in [0.15, 0.2) is 58.1 Å². The lowest BCUT2D eigenvalue weighted by Gasteiger charge is -2.17. The summed E-state index contributed by atoms with van der Waals surface area (Å²) < 4.78 is 29.7. The standard InChI is InChI=1S/C20H22N4O4S2/c1-13-20(14(2)23(21-13)17-6-3-4-7-18(17)24(25)26)15-9-10-16(12-15)22-30(27,28)19-8-5-11-29-19/h3-11,15-16,22,24-25H,12H2,1-2H3/t15-,16+/m0/s1. The van der Waals surface area contributed by atoms with E-state index in [2.05, 4.69) is 9.82 Å². The second kappa shape index (κ2) is 8.06. The van der Waals surface area contributed by atoms with Gasteiger partial charge in [-0.3, -0.25) is 0 Å². The maximum atomic E-state index is 12.5. The Balaban J connectivity index is 1.59. The maximum absolute atomic E-state index is 12.5. The van der Waals surface area contributed by atoms with Crippen LogP contribution in [0.4, 0.5) is 5.69 Å². The number of rotatable bonds is 6. The van der Waals surface area contributed by atoms with E-state index in [1.54, 1.807) is 46.5 Å². The van der Waals surface area contributed by atoms with E-state index in [9.17, 15) is 18.8 Å². The van der Waals surface area contributed by atoms with Crippen molar-refractivity contribution >= 4 is 27.0 Å². The molecule has 0 aliphatic heterocycles. The topological polar surface area (TPSA) is 112 Å². The molecular formula is C20H22N4O4S2. The largest absolute Gasteiger partial charge is 0.595 e. The first-order valence-electron chi connectivity index (χ1n) is 9.41. The molecule has 3 aromatic rings. The molecule has 158 valence electrons. The fourth-order valence-electron chi connectivity index (χ4n) is 3.94. The number of hydrogen-bond donors (Lipinski definition) is 3. The van der Waals surface area contributed by atoms with E-state index in [1.165, 1.54) is 11.3 Å². The molecule has 30 heavy (non-hydrogen) atoms. The zero-order valence-corrected chi connectivity index (χ0v) is 18.1. The van der Waals surface area contributed by atoms with Gasteiger partial charge < -0.3 is 5.21 Å². The maximum Gasteiger partial charge on any atom is 0.250 e. The number of para-hydroxylation sites is 2. The fourth-order valence-corrected chi connectivity index (χ4v) is 6.15. The summed E-state index contributed by atoms with van der Waals surface area (Å²) in [6.45, 7) is 3.80. The van der Waals surface area contributed by atoms with E-state index in [-0.39, 0.29) is 17.6 Å². The highest BCUT2D eigenvalue weighted by molar-refractivity contribution is 7.91. The summed E-state index contributed by atoms with van der Waals surface area (Å²) in [6.07, 6.45) is 4.45. The number of thiophene rings is 1. The average molecular weight is 447 g/mol. The molecule has 0 radical (unpaired) electrons. The Hall–Kier alpha value is -2.34. The van der Waals surface area contributed by atoms with Gasteiger partial charge in [-0.05, 0) is 37.8 Å². The molecule has 1 aliphatic carbocycles. The van der Waals surface area contributed by atoms with Gasteiger partial charge in [0, 0.05) is 29.3 Å². The lowest BCUT2D eigenvalue weighted by molar-refractivity contribution is -0.991. The lowest BCUT2D eigenvalue weighted by Crippen LogP contribution is -2.99. The summed E-state index contributed by atoms with van der Waals surface area (Å²) in [5.74, 6) is -0.00761. The molecule has 0 spiro atoms. The number of quaternary nitrogens is 1. The Morgan fingerprint density at radius 2 is 2.00 bits per heavy atom. The first kappa shape index (κ1) is 20.9. The van der Waals surface area contributed by atoms with Crippen molar-refractivity contribution in [3.8, 4) is 5.69 Å². The van der Waals surface area contributed by atoms with Crippen LogP contribution in [0.3, 0.4) is 0 Å². The number of nitrogens with one attached hydrogen (secondary N) is 2. The smallest absolute Gasteiger partial charge is 0.250 e. The van der Waals surface area contributed by atoms with Gasteiger partial charge in [-0.1, -0.05) is 30.4 Å². The summed E-state index contributed by atoms with van der Waals surface area (Å²) in [4.78, 5) is 0. The summed E-state index contributed by atoms with van der Waals surface area (Å²) in [7, 11) is -3.55. The molecule has 0 bridgehead atoms. The minimum atomic E-state index is -3.55. The van der Waals surface area contributed by atoms with Crippen molar-refractivity contribution in [2.45, 2.75) is 36.4 Å². The van der Waals surface area contributed by atoms with Crippen LogP contribution in [0, 0.1) is 19.1 Å². The highest BCUT2D eigenvalue weighted by atomic mass is 32.2. The first-order chi connectivity index (χ1) is 14.3. The Morgan fingerprint density at radius 3 is 2.70 bits per heavy atom. The van der Waals surface area contributed by atoms with Crippen molar-refractivity contribution in [1.82, 2.24) is 14.5 Å². The molecule has 0 saturated carbocycles. The van der Waals surface area contributed by atoms with Gasteiger partial charge in [0.25, 0.3) is 10.0 Å². The second-order valence-electron chi connectivity index (χ2n) is 7.21. The number of aromatic nitrogens is 2. The molecule has 3 atom stereocenters. The molecule has 2 heterocycles. The molecule has 0 fully saturated rings. The van der Waals surface area contributed by atoms with Crippen molar-refractivity contribution in [3.05, 3.63) is 76.1 Å². The van der Waals surface area contributed by atoms with Gasteiger partial charge in [0.2, 0.25) is 0 Å². The second-order valence-corrected chi connectivity index (χ2v) is 10.1. The summed E-state index contributed by atoms with van der Waals surface area (Å²) in [5.41, 5.74) is 3.32. The number of aryl methyl sites for hydroxylation is 1. The van der Waals surface area contributed by atoms with Crippen LogP contribution < -0.4 is 9.95 Å². The van der Waals surface area contributed by atoms with E-state index >= 15 is 0 Å². The predicted molar refractivity (Wildman–Crippen MR) is 114 cm³/mol. The van der Waals surface area contributed by atoms with Crippen molar-refractivity contribution in [3.63, 3.8) is 0 Å². The average Bonchev–Trinajstić information content (AvgIpc) is 3.43. The minimum Gasteiger partial charge on any atom is -0.595 e. The lowest BCUT2D eigenvalue weighted by atomic mass is 9.96. The normalized spacial score (nSPS) is 20.0. The zero-order chi connectivity index (χ0) is 21.5. The Morgan fingerprint density at radius 1 is 1.23 bits per heavy atom. The Kier molecular flexibility index (Phi) is 5.62. The van der Waals surface area contributed by atoms with Gasteiger partial charge in [0.15, 0.2) is 5.69 Å². The number of nitrogens with zero attached hydrogens (tertiary/aromatic N) is 2. The zero-order valence-electron chi connectivity index (χ0n) is 16.4. The first-order valence-corrected chi connectivity index (χ1v) is 11.8.